The van der Waals surface area contributed by atoms with E-state index in [0.717, 1.165) is 30.8 Å². The Morgan fingerprint density at radius 3 is 2.28 bits per heavy atom. The molecule has 0 aromatic heterocycles. The predicted octanol–water partition coefficient (Wildman–Crippen LogP) is 2.83. The van der Waals surface area contributed by atoms with Crippen LogP contribution in [0.25, 0.3) is 0 Å². The van der Waals surface area contributed by atoms with Gasteiger partial charge in [0.05, 0.1) is 20.8 Å². The van der Waals surface area contributed by atoms with Crippen molar-refractivity contribution in [3.8, 4) is 17.2 Å². The zero-order chi connectivity index (χ0) is 17.2. The molecule has 0 heterocycles. The molecule has 0 amide bonds. The molecule has 0 fully saturated rings. The van der Waals surface area contributed by atoms with Crippen molar-refractivity contribution in [1.82, 2.24) is 5.32 Å². The zero-order valence-electron chi connectivity index (χ0n) is 14.7. The van der Waals surface area contributed by atoms with Gasteiger partial charge in [0.15, 0.2) is 11.5 Å². The highest BCUT2D eigenvalue weighted by Crippen LogP contribution is 2.27. The van der Waals surface area contributed by atoms with E-state index in [-0.39, 0.29) is 25.6 Å². The van der Waals surface area contributed by atoms with Crippen LogP contribution in [0.1, 0.15) is 11.1 Å². The summed E-state index contributed by atoms with van der Waals surface area (Å²) < 4.78 is 15.9. The average Bonchev–Trinajstić information content (AvgIpc) is 2.64. The van der Waals surface area contributed by atoms with Crippen molar-refractivity contribution >= 4 is 12.4 Å². The van der Waals surface area contributed by atoms with Crippen LogP contribution in [0.5, 0.6) is 17.2 Å². The summed E-state index contributed by atoms with van der Waals surface area (Å²) in [6, 6.07) is 13.9. The molecule has 2 aromatic rings. The maximum absolute atomic E-state index is 8.83. The average molecular weight is 368 g/mol. The molecule has 0 bridgehead atoms. The number of nitrogens with one attached hydrogen (secondary N) is 1. The number of hydrogen-bond acceptors (Lipinski definition) is 5. The minimum atomic E-state index is -0.0160. The van der Waals surface area contributed by atoms with Gasteiger partial charge in [0.25, 0.3) is 0 Å². The second-order valence-electron chi connectivity index (χ2n) is 5.33. The Balaban J connectivity index is 0.00000312. The Morgan fingerprint density at radius 2 is 1.64 bits per heavy atom. The van der Waals surface area contributed by atoms with Crippen molar-refractivity contribution < 1.29 is 19.3 Å². The Bertz CT molecular complexity index is 619. The molecule has 2 aromatic carbocycles. The number of benzene rings is 2. The SMILES string of the molecule is COc1ccc(CCNCc2ccc(OCCO)c(OC)c2)cc1.Cl. The summed E-state index contributed by atoms with van der Waals surface area (Å²) >= 11 is 0. The van der Waals surface area contributed by atoms with Crippen LogP contribution in [0.3, 0.4) is 0 Å². The van der Waals surface area contributed by atoms with Gasteiger partial charge in [-0.1, -0.05) is 18.2 Å². The molecule has 5 nitrogen and oxygen atoms in total. The number of hydrogen-bond donors (Lipinski definition) is 2. The van der Waals surface area contributed by atoms with Gasteiger partial charge < -0.3 is 24.6 Å². The molecule has 0 aliphatic carbocycles. The Hall–Kier alpha value is -1.95. The summed E-state index contributed by atoms with van der Waals surface area (Å²) in [5.41, 5.74) is 2.39. The van der Waals surface area contributed by atoms with E-state index < -0.39 is 0 Å². The van der Waals surface area contributed by atoms with Crippen molar-refractivity contribution in [3.05, 3.63) is 53.6 Å². The van der Waals surface area contributed by atoms with Crippen molar-refractivity contribution in [2.75, 3.05) is 34.0 Å². The van der Waals surface area contributed by atoms with E-state index in [1.807, 2.05) is 30.3 Å². The third-order valence-corrected chi connectivity index (χ3v) is 3.66. The smallest absolute Gasteiger partial charge is 0.161 e. The molecule has 0 saturated heterocycles. The largest absolute Gasteiger partial charge is 0.497 e. The normalized spacial score (nSPS) is 10.0. The lowest BCUT2D eigenvalue weighted by molar-refractivity contribution is 0.196. The van der Waals surface area contributed by atoms with E-state index in [4.69, 9.17) is 19.3 Å². The lowest BCUT2D eigenvalue weighted by Gasteiger charge is -2.12. The molecule has 0 saturated carbocycles. The van der Waals surface area contributed by atoms with E-state index in [9.17, 15) is 0 Å². The topological polar surface area (TPSA) is 60.0 Å². The molecule has 0 spiro atoms. The maximum atomic E-state index is 8.83. The highest BCUT2D eigenvalue weighted by molar-refractivity contribution is 5.85. The summed E-state index contributed by atoms with van der Waals surface area (Å²) in [5, 5.41) is 12.3. The van der Waals surface area contributed by atoms with Crippen LogP contribution in [-0.2, 0) is 13.0 Å². The first-order valence-electron chi connectivity index (χ1n) is 8.01. The fourth-order valence-electron chi connectivity index (χ4n) is 2.35. The summed E-state index contributed by atoms with van der Waals surface area (Å²) in [6.45, 7) is 1.89. The predicted molar refractivity (Wildman–Crippen MR) is 101 cm³/mol. The summed E-state index contributed by atoms with van der Waals surface area (Å²) in [7, 11) is 3.28. The van der Waals surface area contributed by atoms with E-state index in [0.29, 0.717) is 11.5 Å². The first-order valence-corrected chi connectivity index (χ1v) is 8.01. The Labute approximate surface area is 155 Å². The lowest BCUT2D eigenvalue weighted by Crippen LogP contribution is -2.16. The third-order valence-electron chi connectivity index (χ3n) is 3.66. The van der Waals surface area contributed by atoms with Gasteiger partial charge in [0, 0.05) is 6.54 Å². The highest BCUT2D eigenvalue weighted by atomic mass is 35.5. The van der Waals surface area contributed by atoms with Crippen LogP contribution in [-0.4, -0.2) is 39.1 Å². The monoisotopic (exact) mass is 367 g/mol. The number of ether oxygens (including phenoxy) is 3. The zero-order valence-corrected chi connectivity index (χ0v) is 15.5. The number of methoxy groups -OCH3 is 2. The fourth-order valence-corrected chi connectivity index (χ4v) is 2.35. The van der Waals surface area contributed by atoms with Crippen molar-refractivity contribution in [2.24, 2.45) is 0 Å². The number of aliphatic hydroxyl groups is 1. The van der Waals surface area contributed by atoms with Gasteiger partial charge in [-0.25, -0.2) is 0 Å². The molecule has 6 heteroatoms. The van der Waals surface area contributed by atoms with E-state index in [2.05, 4.69) is 17.4 Å². The molecule has 0 aliphatic rings. The summed E-state index contributed by atoms with van der Waals surface area (Å²) in [4.78, 5) is 0. The molecular formula is C19H26ClNO4. The quantitative estimate of drug-likeness (QED) is 0.632. The van der Waals surface area contributed by atoms with Gasteiger partial charge in [-0.15, -0.1) is 12.4 Å². The standard InChI is InChI=1S/C19H25NO4.ClH/c1-22-17-6-3-15(4-7-17)9-10-20-14-16-5-8-18(24-12-11-21)19(13-16)23-2;/h3-8,13,20-21H,9-12,14H2,1-2H3;1H. The van der Waals surface area contributed by atoms with Gasteiger partial charge >= 0.3 is 0 Å². The van der Waals surface area contributed by atoms with E-state index >= 15 is 0 Å². The molecule has 0 atom stereocenters. The number of rotatable bonds is 10. The minimum absolute atomic E-state index is 0. The van der Waals surface area contributed by atoms with Crippen LogP contribution in [0.15, 0.2) is 42.5 Å². The second-order valence-corrected chi connectivity index (χ2v) is 5.33. The van der Waals surface area contributed by atoms with E-state index in [1.165, 1.54) is 5.56 Å². The molecule has 0 aliphatic heterocycles. The molecular weight excluding hydrogens is 342 g/mol. The van der Waals surface area contributed by atoms with Crippen LogP contribution >= 0.6 is 12.4 Å². The van der Waals surface area contributed by atoms with Gasteiger partial charge in [-0.05, 0) is 48.4 Å². The van der Waals surface area contributed by atoms with Crippen LogP contribution < -0.4 is 19.5 Å². The molecule has 25 heavy (non-hydrogen) atoms. The van der Waals surface area contributed by atoms with Crippen molar-refractivity contribution in [2.45, 2.75) is 13.0 Å². The summed E-state index contributed by atoms with van der Waals surface area (Å²) in [6.07, 6.45) is 0.957. The number of aliphatic hydroxyl groups excluding tert-OH is 1. The lowest BCUT2D eigenvalue weighted by atomic mass is 10.1. The molecule has 0 radical (unpaired) electrons. The van der Waals surface area contributed by atoms with Crippen LogP contribution in [0.4, 0.5) is 0 Å². The molecule has 2 N–H and O–H groups in total. The van der Waals surface area contributed by atoms with Crippen molar-refractivity contribution in [3.63, 3.8) is 0 Å². The molecule has 0 unspecified atom stereocenters. The van der Waals surface area contributed by atoms with Crippen LogP contribution in [0, 0.1) is 0 Å². The first kappa shape index (κ1) is 21.1. The maximum Gasteiger partial charge on any atom is 0.161 e. The van der Waals surface area contributed by atoms with Crippen LogP contribution in [0.2, 0.25) is 0 Å². The third kappa shape index (κ3) is 6.82. The number of halogens is 1. The first-order chi connectivity index (χ1) is 11.8. The minimum Gasteiger partial charge on any atom is -0.497 e. The summed E-state index contributed by atoms with van der Waals surface area (Å²) in [5.74, 6) is 2.20. The van der Waals surface area contributed by atoms with Gasteiger partial charge in [0.1, 0.15) is 12.4 Å². The van der Waals surface area contributed by atoms with Gasteiger partial charge in [0.2, 0.25) is 0 Å². The Kier molecular flexibility index (Phi) is 9.77. The second kappa shape index (κ2) is 11.6. The molecule has 2 rings (SSSR count). The molecule has 138 valence electrons. The van der Waals surface area contributed by atoms with Gasteiger partial charge in [-0.3, -0.25) is 0 Å². The highest BCUT2D eigenvalue weighted by Gasteiger charge is 2.05. The van der Waals surface area contributed by atoms with Crippen molar-refractivity contribution in [1.29, 1.82) is 0 Å². The van der Waals surface area contributed by atoms with Gasteiger partial charge in [-0.2, -0.15) is 0 Å². The Morgan fingerprint density at radius 1 is 0.920 bits per heavy atom. The fraction of sp³-hybridized carbons (Fsp3) is 0.368. The van der Waals surface area contributed by atoms with E-state index in [1.54, 1.807) is 14.2 Å².